The molecule has 0 aliphatic carbocycles. The second-order valence-electron chi connectivity index (χ2n) is 3.21. The van der Waals surface area contributed by atoms with Gasteiger partial charge in [0.2, 0.25) is 0 Å². The summed E-state index contributed by atoms with van der Waals surface area (Å²) in [5, 5.41) is 14.1. The first-order chi connectivity index (χ1) is 8.06. The molecule has 88 valence electrons. The van der Waals surface area contributed by atoms with Gasteiger partial charge >= 0.3 is 5.82 Å². The van der Waals surface area contributed by atoms with Gasteiger partial charge in [-0.15, -0.1) is 0 Å². The maximum absolute atomic E-state index is 13.4. The fraction of sp³-hybridized carbons (Fsp3) is 0.111. The van der Waals surface area contributed by atoms with E-state index >= 15 is 0 Å². The van der Waals surface area contributed by atoms with E-state index in [0.717, 1.165) is 0 Å². The lowest BCUT2D eigenvalue weighted by atomic mass is 10.3. The standard InChI is InChI=1S/C9H6BrFN4O2/c10-6-3-7(11)8(12-4-6)5-14-2-1-9(13-14)15(16)17/h1-4H,5H2. The number of rotatable bonds is 3. The van der Waals surface area contributed by atoms with Crippen LogP contribution in [0.1, 0.15) is 5.69 Å². The molecule has 0 spiro atoms. The van der Waals surface area contributed by atoms with Gasteiger partial charge in [0, 0.05) is 10.7 Å². The van der Waals surface area contributed by atoms with Crippen molar-refractivity contribution in [1.29, 1.82) is 0 Å². The van der Waals surface area contributed by atoms with Crippen molar-refractivity contribution in [3.05, 3.63) is 50.6 Å². The van der Waals surface area contributed by atoms with E-state index < -0.39 is 10.7 Å². The van der Waals surface area contributed by atoms with Crippen LogP contribution in [0.3, 0.4) is 0 Å². The fourth-order valence-corrected chi connectivity index (χ4v) is 1.55. The Morgan fingerprint density at radius 1 is 1.59 bits per heavy atom. The summed E-state index contributed by atoms with van der Waals surface area (Å²) in [6.45, 7) is 0.0486. The van der Waals surface area contributed by atoms with Gasteiger partial charge in [-0.2, -0.15) is 4.68 Å². The third kappa shape index (κ3) is 2.64. The number of nitrogens with zero attached hydrogens (tertiary/aromatic N) is 4. The average Bonchev–Trinajstić information content (AvgIpc) is 2.71. The molecular weight excluding hydrogens is 295 g/mol. The Labute approximate surface area is 103 Å². The van der Waals surface area contributed by atoms with Crippen molar-refractivity contribution in [2.24, 2.45) is 0 Å². The molecule has 0 radical (unpaired) electrons. The van der Waals surface area contributed by atoms with E-state index in [1.165, 1.54) is 29.2 Å². The highest BCUT2D eigenvalue weighted by atomic mass is 79.9. The van der Waals surface area contributed by atoms with Crippen LogP contribution in [0.25, 0.3) is 0 Å². The molecule has 2 heterocycles. The zero-order valence-corrected chi connectivity index (χ0v) is 9.96. The SMILES string of the molecule is O=[N+]([O-])c1ccn(Cc2ncc(Br)cc2F)n1. The van der Waals surface area contributed by atoms with Crippen LogP contribution in [-0.4, -0.2) is 19.7 Å². The van der Waals surface area contributed by atoms with Crippen LogP contribution >= 0.6 is 15.9 Å². The van der Waals surface area contributed by atoms with E-state index in [-0.39, 0.29) is 18.1 Å². The smallest absolute Gasteiger partial charge is 0.358 e. The van der Waals surface area contributed by atoms with E-state index in [0.29, 0.717) is 4.47 Å². The zero-order chi connectivity index (χ0) is 12.4. The summed E-state index contributed by atoms with van der Waals surface area (Å²) >= 11 is 3.09. The van der Waals surface area contributed by atoms with Crippen LogP contribution in [-0.2, 0) is 6.54 Å². The van der Waals surface area contributed by atoms with E-state index in [4.69, 9.17) is 0 Å². The molecule has 17 heavy (non-hydrogen) atoms. The average molecular weight is 301 g/mol. The molecule has 2 rings (SSSR count). The summed E-state index contributed by atoms with van der Waals surface area (Å²) in [6.07, 6.45) is 2.86. The number of pyridine rings is 1. The topological polar surface area (TPSA) is 73.8 Å². The highest BCUT2D eigenvalue weighted by molar-refractivity contribution is 9.10. The molecular formula is C9H6BrFN4O2. The van der Waals surface area contributed by atoms with Crippen molar-refractivity contribution in [3.8, 4) is 0 Å². The maximum atomic E-state index is 13.4. The van der Waals surface area contributed by atoms with Gasteiger partial charge < -0.3 is 10.1 Å². The van der Waals surface area contributed by atoms with E-state index in [1.54, 1.807) is 0 Å². The molecule has 0 N–H and O–H groups in total. The van der Waals surface area contributed by atoms with Crippen LogP contribution in [0.4, 0.5) is 10.2 Å². The molecule has 0 aliphatic rings. The van der Waals surface area contributed by atoms with Crippen LogP contribution in [0, 0.1) is 15.9 Å². The Kier molecular flexibility index (Phi) is 3.14. The number of aromatic nitrogens is 3. The number of hydrogen-bond donors (Lipinski definition) is 0. The summed E-state index contributed by atoms with van der Waals surface area (Å²) in [7, 11) is 0. The zero-order valence-electron chi connectivity index (χ0n) is 8.38. The summed E-state index contributed by atoms with van der Waals surface area (Å²) in [4.78, 5) is 13.7. The molecule has 0 aliphatic heterocycles. The minimum Gasteiger partial charge on any atom is -0.358 e. The van der Waals surface area contributed by atoms with Gasteiger partial charge in [-0.05, 0) is 26.9 Å². The monoisotopic (exact) mass is 300 g/mol. The lowest BCUT2D eigenvalue weighted by molar-refractivity contribution is -0.389. The van der Waals surface area contributed by atoms with Crippen LogP contribution in [0.5, 0.6) is 0 Å². The Morgan fingerprint density at radius 2 is 2.35 bits per heavy atom. The Balaban J connectivity index is 2.22. The van der Waals surface area contributed by atoms with Crippen molar-refractivity contribution >= 4 is 21.7 Å². The van der Waals surface area contributed by atoms with Gasteiger partial charge in [0.15, 0.2) is 0 Å². The summed E-state index contributed by atoms with van der Waals surface area (Å²) < 4.78 is 15.2. The molecule has 6 nitrogen and oxygen atoms in total. The molecule has 0 bridgehead atoms. The largest absolute Gasteiger partial charge is 0.389 e. The second-order valence-corrected chi connectivity index (χ2v) is 4.13. The molecule has 2 aromatic rings. The second kappa shape index (κ2) is 4.58. The van der Waals surface area contributed by atoms with Crippen molar-refractivity contribution in [3.63, 3.8) is 0 Å². The van der Waals surface area contributed by atoms with E-state index in [9.17, 15) is 14.5 Å². The Hall–Kier alpha value is -1.83. The summed E-state index contributed by atoms with van der Waals surface area (Å²) in [5.41, 5.74) is 0.172. The van der Waals surface area contributed by atoms with E-state index in [1.807, 2.05) is 0 Å². The molecule has 2 aromatic heterocycles. The molecule has 8 heteroatoms. The molecule has 0 unspecified atom stereocenters. The van der Waals surface area contributed by atoms with Gasteiger partial charge in [0.1, 0.15) is 12.4 Å². The third-order valence-electron chi connectivity index (χ3n) is 2.01. The normalized spacial score (nSPS) is 10.5. The summed E-state index contributed by atoms with van der Waals surface area (Å²) in [5.74, 6) is -0.764. The molecule has 0 fully saturated rings. The molecule has 0 saturated carbocycles. The lowest BCUT2D eigenvalue weighted by Crippen LogP contribution is -2.05. The first-order valence-electron chi connectivity index (χ1n) is 4.54. The third-order valence-corrected chi connectivity index (χ3v) is 2.44. The Morgan fingerprint density at radius 3 is 2.94 bits per heavy atom. The number of halogens is 2. The van der Waals surface area contributed by atoms with Crippen LogP contribution in [0.2, 0.25) is 0 Å². The maximum Gasteiger partial charge on any atom is 0.389 e. The quantitative estimate of drug-likeness (QED) is 0.643. The molecule has 0 aromatic carbocycles. The van der Waals surface area contributed by atoms with Gasteiger partial charge in [-0.3, -0.25) is 4.98 Å². The first kappa shape index (κ1) is 11.6. The van der Waals surface area contributed by atoms with Crippen molar-refractivity contribution in [2.45, 2.75) is 6.54 Å². The van der Waals surface area contributed by atoms with Gasteiger partial charge in [0.25, 0.3) is 0 Å². The van der Waals surface area contributed by atoms with Crippen molar-refractivity contribution < 1.29 is 9.31 Å². The fourth-order valence-electron chi connectivity index (χ4n) is 1.25. The van der Waals surface area contributed by atoms with Gasteiger partial charge in [-0.25, -0.2) is 4.39 Å². The highest BCUT2D eigenvalue weighted by Crippen LogP contribution is 2.14. The first-order valence-corrected chi connectivity index (χ1v) is 5.33. The molecule has 0 saturated heterocycles. The lowest BCUT2D eigenvalue weighted by Gasteiger charge is -2.00. The van der Waals surface area contributed by atoms with E-state index in [2.05, 4.69) is 26.0 Å². The number of nitro groups is 1. The predicted molar refractivity (Wildman–Crippen MR) is 59.9 cm³/mol. The van der Waals surface area contributed by atoms with Crippen LogP contribution < -0.4 is 0 Å². The van der Waals surface area contributed by atoms with Crippen molar-refractivity contribution in [1.82, 2.24) is 14.8 Å². The molecule has 0 amide bonds. The molecule has 0 atom stereocenters. The number of hydrogen-bond acceptors (Lipinski definition) is 4. The Bertz CT molecular complexity index is 572. The van der Waals surface area contributed by atoms with Crippen molar-refractivity contribution in [2.75, 3.05) is 0 Å². The van der Waals surface area contributed by atoms with Crippen LogP contribution in [0.15, 0.2) is 29.0 Å². The minimum absolute atomic E-state index is 0.0486. The minimum atomic E-state index is -0.609. The summed E-state index contributed by atoms with van der Waals surface area (Å²) in [6, 6.07) is 2.52. The highest BCUT2D eigenvalue weighted by Gasteiger charge is 2.13. The predicted octanol–water partition coefficient (Wildman–Crippen LogP) is 2.14. The van der Waals surface area contributed by atoms with Gasteiger partial charge in [0.05, 0.1) is 23.1 Å². The van der Waals surface area contributed by atoms with Gasteiger partial charge in [-0.1, -0.05) is 0 Å².